The summed E-state index contributed by atoms with van der Waals surface area (Å²) in [5.41, 5.74) is -0.0783. The van der Waals surface area contributed by atoms with E-state index >= 15 is 0 Å². The fourth-order valence-electron chi connectivity index (χ4n) is 1.94. The number of nitrogens with one attached hydrogen (secondary N) is 1. The van der Waals surface area contributed by atoms with Gasteiger partial charge in [-0.05, 0) is 25.7 Å². The van der Waals surface area contributed by atoms with Crippen LogP contribution in [0.15, 0.2) is 0 Å². The van der Waals surface area contributed by atoms with Crippen molar-refractivity contribution >= 4 is 5.91 Å². The second-order valence-electron chi connectivity index (χ2n) is 3.92. The Morgan fingerprint density at radius 1 is 1.50 bits per heavy atom. The third-order valence-corrected chi connectivity index (χ3v) is 2.86. The van der Waals surface area contributed by atoms with Gasteiger partial charge in [-0.3, -0.25) is 4.79 Å². The number of hydrogen-bond donors (Lipinski definition) is 2. The first-order chi connectivity index (χ1) is 6.72. The lowest BCUT2D eigenvalue weighted by Gasteiger charge is -2.25. The molecule has 1 aliphatic rings. The average molecular weight is 195 g/mol. The summed E-state index contributed by atoms with van der Waals surface area (Å²) in [6, 6.07) is 0. The smallest absolute Gasteiger partial charge is 0.295 e. The molecule has 1 aliphatic carbocycles. The number of aliphatic hydroxyl groups is 1. The number of hydrogen-bond acceptors (Lipinski definition) is 2. The third kappa shape index (κ3) is 2.74. The number of amides is 1. The molecular weight excluding hydrogens is 178 g/mol. The lowest BCUT2D eigenvalue weighted by atomic mass is 9.87. The van der Waals surface area contributed by atoms with Gasteiger partial charge in [0.2, 0.25) is 0 Å². The Kier molecular flexibility index (Phi) is 3.97. The van der Waals surface area contributed by atoms with Crippen molar-refractivity contribution in [3.8, 4) is 11.8 Å². The summed E-state index contributed by atoms with van der Waals surface area (Å²) in [4.78, 5) is 11.1. The molecule has 0 aromatic rings. The van der Waals surface area contributed by atoms with Crippen LogP contribution >= 0.6 is 0 Å². The van der Waals surface area contributed by atoms with Gasteiger partial charge in [-0.2, -0.15) is 0 Å². The molecular formula is C11H17NO2. The molecule has 1 saturated carbocycles. The van der Waals surface area contributed by atoms with Gasteiger partial charge in [0, 0.05) is 12.0 Å². The predicted molar refractivity (Wildman–Crippen MR) is 54.4 cm³/mol. The molecule has 0 bridgehead atoms. The van der Waals surface area contributed by atoms with E-state index in [1.807, 2.05) is 0 Å². The van der Waals surface area contributed by atoms with Gasteiger partial charge in [-0.25, -0.2) is 0 Å². The maximum Gasteiger partial charge on any atom is 0.295 e. The van der Waals surface area contributed by atoms with Gasteiger partial charge in [-0.1, -0.05) is 18.8 Å². The molecule has 0 spiro atoms. The first-order valence-electron chi connectivity index (χ1n) is 5.04. The minimum Gasteiger partial charge on any atom is -0.396 e. The Labute approximate surface area is 84.9 Å². The van der Waals surface area contributed by atoms with Crippen LogP contribution in [0.2, 0.25) is 0 Å². The van der Waals surface area contributed by atoms with Gasteiger partial charge in [0.1, 0.15) is 0 Å². The molecule has 3 heteroatoms. The first-order valence-corrected chi connectivity index (χ1v) is 5.04. The standard InChI is InChI=1S/C11H17NO2/c1-2-5-10(14)12-8-11(9-13)6-3-4-7-11/h13H,3-4,6-9H2,1H3,(H,12,14). The monoisotopic (exact) mass is 195 g/mol. The van der Waals surface area contributed by atoms with Gasteiger partial charge >= 0.3 is 0 Å². The molecule has 0 saturated heterocycles. The normalized spacial score (nSPS) is 18.4. The van der Waals surface area contributed by atoms with Crippen LogP contribution < -0.4 is 5.32 Å². The van der Waals surface area contributed by atoms with Gasteiger partial charge in [-0.15, -0.1) is 0 Å². The van der Waals surface area contributed by atoms with Crippen molar-refractivity contribution in [2.75, 3.05) is 13.2 Å². The molecule has 1 amide bonds. The fourth-order valence-corrected chi connectivity index (χ4v) is 1.94. The molecule has 2 N–H and O–H groups in total. The molecule has 0 aromatic carbocycles. The summed E-state index contributed by atoms with van der Waals surface area (Å²) in [5, 5.41) is 12.0. The Bertz CT molecular complexity index is 256. The molecule has 1 fully saturated rings. The summed E-state index contributed by atoms with van der Waals surface area (Å²) >= 11 is 0. The molecule has 0 unspecified atom stereocenters. The third-order valence-electron chi connectivity index (χ3n) is 2.86. The highest BCUT2D eigenvalue weighted by atomic mass is 16.3. The quantitative estimate of drug-likeness (QED) is 0.651. The van der Waals surface area contributed by atoms with Gasteiger partial charge in [0.15, 0.2) is 0 Å². The van der Waals surface area contributed by atoms with Crippen molar-refractivity contribution in [3.05, 3.63) is 0 Å². The Morgan fingerprint density at radius 2 is 2.14 bits per heavy atom. The molecule has 0 heterocycles. The summed E-state index contributed by atoms with van der Waals surface area (Å²) in [6.45, 7) is 2.35. The van der Waals surface area contributed by atoms with Gasteiger partial charge in [0.25, 0.3) is 5.91 Å². The van der Waals surface area contributed by atoms with E-state index in [2.05, 4.69) is 17.2 Å². The minimum absolute atomic E-state index is 0.0783. The van der Waals surface area contributed by atoms with E-state index in [9.17, 15) is 9.90 Å². The highest BCUT2D eigenvalue weighted by Gasteiger charge is 2.33. The SMILES string of the molecule is CC#CC(=O)NCC1(CO)CCCC1. The fraction of sp³-hybridized carbons (Fsp3) is 0.727. The minimum atomic E-state index is -0.243. The average Bonchev–Trinajstić information content (AvgIpc) is 2.65. The van der Waals surface area contributed by atoms with Crippen LogP contribution in [-0.4, -0.2) is 24.2 Å². The van der Waals surface area contributed by atoms with E-state index in [-0.39, 0.29) is 17.9 Å². The number of carbonyl (C=O) groups is 1. The Hall–Kier alpha value is -1.01. The largest absolute Gasteiger partial charge is 0.396 e. The second kappa shape index (κ2) is 5.02. The maximum absolute atomic E-state index is 11.1. The van der Waals surface area contributed by atoms with Crippen LogP contribution in [0.3, 0.4) is 0 Å². The van der Waals surface area contributed by atoms with E-state index < -0.39 is 0 Å². The van der Waals surface area contributed by atoms with Crippen LogP contribution in [0.4, 0.5) is 0 Å². The van der Waals surface area contributed by atoms with E-state index in [0.29, 0.717) is 6.54 Å². The molecule has 0 radical (unpaired) electrons. The van der Waals surface area contributed by atoms with Crippen LogP contribution in [-0.2, 0) is 4.79 Å². The lowest BCUT2D eigenvalue weighted by molar-refractivity contribution is -0.116. The summed E-state index contributed by atoms with van der Waals surface area (Å²) < 4.78 is 0. The van der Waals surface area contributed by atoms with E-state index in [4.69, 9.17) is 0 Å². The first kappa shape index (κ1) is 11.1. The summed E-state index contributed by atoms with van der Waals surface area (Å²) in [7, 11) is 0. The van der Waals surface area contributed by atoms with Gasteiger partial charge < -0.3 is 10.4 Å². The zero-order valence-electron chi connectivity index (χ0n) is 8.60. The van der Waals surface area contributed by atoms with Crippen molar-refractivity contribution < 1.29 is 9.90 Å². The maximum atomic E-state index is 11.1. The molecule has 0 atom stereocenters. The van der Waals surface area contributed by atoms with Crippen molar-refractivity contribution in [2.24, 2.45) is 5.41 Å². The van der Waals surface area contributed by atoms with Crippen LogP contribution in [0.5, 0.6) is 0 Å². The zero-order chi connectivity index (χ0) is 10.4. The molecule has 0 aromatic heterocycles. The van der Waals surface area contributed by atoms with E-state index in [1.165, 1.54) is 0 Å². The number of rotatable bonds is 3. The van der Waals surface area contributed by atoms with Crippen molar-refractivity contribution in [1.29, 1.82) is 0 Å². The summed E-state index contributed by atoms with van der Waals surface area (Å²) in [6.07, 6.45) is 4.30. The second-order valence-corrected chi connectivity index (χ2v) is 3.92. The van der Waals surface area contributed by atoms with Crippen LogP contribution in [0.1, 0.15) is 32.6 Å². The predicted octanol–water partition coefficient (Wildman–Crippen LogP) is 0.679. The summed E-state index contributed by atoms with van der Waals surface area (Å²) in [5.74, 6) is 4.73. The molecule has 78 valence electrons. The van der Waals surface area contributed by atoms with Crippen LogP contribution in [0, 0.1) is 17.3 Å². The zero-order valence-corrected chi connectivity index (χ0v) is 8.60. The van der Waals surface area contributed by atoms with Crippen LogP contribution in [0.25, 0.3) is 0 Å². The van der Waals surface area contributed by atoms with E-state index in [0.717, 1.165) is 25.7 Å². The lowest BCUT2D eigenvalue weighted by Crippen LogP contribution is -2.37. The molecule has 0 aliphatic heterocycles. The van der Waals surface area contributed by atoms with Gasteiger partial charge in [0.05, 0.1) is 6.61 Å². The van der Waals surface area contributed by atoms with E-state index in [1.54, 1.807) is 6.92 Å². The molecule has 3 nitrogen and oxygen atoms in total. The Balaban J connectivity index is 2.40. The topological polar surface area (TPSA) is 49.3 Å². The number of aliphatic hydroxyl groups excluding tert-OH is 1. The Morgan fingerprint density at radius 3 is 2.64 bits per heavy atom. The highest BCUT2D eigenvalue weighted by molar-refractivity contribution is 5.93. The van der Waals surface area contributed by atoms with Crippen molar-refractivity contribution in [3.63, 3.8) is 0 Å². The van der Waals surface area contributed by atoms with Crippen molar-refractivity contribution in [2.45, 2.75) is 32.6 Å². The number of carbonyl (C=O) groups excluding carboxylic acids is 1. The highest BCUT2D eigenvalue weighted by Crippen LogP contribution is 2.36. The molecule has 14 heavy (non-hydrogen) atoms. The van der Waals surface area contributed by atoms with Crippen molar-refractivity contribution in [1.82, 2.24) is 5.32 Å². The molecule has 1 rings (SSSR count).